The van der Waals surface area contributed by atoms with E-state index in [9.17, 15) is 0 Å². The first-order valence-electron chi connectivity index (χ1n) is 6.52. The first-order chi connectivity index (χ1) is 9.29. The number of thioether (sulfide) groups is 1. The third-order valence-electron chi connectivity index (χ3n) is 2.96. The number of rotatable bonds is 6. The first kappa shape index (κ1) is 12.7. The van der Waals surface area contributed by atoms with E-state index in [1.54, 1.807) is 11.8 Å². The van der Waals surface area contributed by atoms with Gasteiger partial charge in [-0.3, -0.25) is 0 Å². The van der Waals surface area contributed by atoms with Crippen LogP contribution in [0.15, 0.2) is 34.1 Å². The van der Waals surface area contributed by atoms with Gasteiger partial charge >= 0.3 is 0 Å². The molecule has 1 N–H and O–H groups in total. The SMILES string of the molecule is Cc1cnc(SCc2ccc(CNC3CC3)o2)nc1. The highest BCUT2D eigenvalue weighted by Gasteiger charge is 2.20. The molecule has 0 amide bonds. The summed E-state index contributed by atoms with van der Waals surface area (Å²) >= 11 is 1.60. The fourth-order valence-corrected chi connectivity index (χ4v) is 2.40. The Labute approximate surface area is 117 Å². The van der Waals surface area contributed by atoms with Gasteiger partial charge in [-0.2, -0.15) is 0 Å². The smallest absolute Gasteiger partial charge is 0.187 e. The van der Waals surface area contributed by atoms with Crippen molar-refractivity contribution in [3.63, 3.8) is 0 Å². The molecule has 0 radical (unpaired) electrons. The molecule has 1 aliphatic rings. The number of hydrogen-bond donors (Lipinski definition) is 1. The zero-order valence-corrected chi connectivity index (χ0v) is 11.7. The summed E-state index contributed by atoms with van der Waals surface area (Å²) in [6.07, 6.45) is 6.27. The standard InChI is InChI=1S/C14H17N3OS/c1-10-6-16-14(17-7-10)19-9-13-5-4-12(18-13)8-15-11-2-3-11/h4-7,11,15H,2-3,8-9H2,1H3. The molecule has 0 bridgehead atoms. The Balaban J connectivity index is 1.50. The lowest BCUT2D eigenvalue weighted by Gasteiger charge is -1.99. The zero-order valence-electron chi connectivity index (χ0n) is 10.9. The number of aromatic nitrogens is 2. The highest BCUT2D eigenvalue weighted by molar-refractivity contribution is 7.98. The molecule has 0 unspecified atom stereocenters. The van der Waals surface area contributed by atoms with Gasteiger partial charge in [0.15, 0.2) is 5.16 Å². The van der Waals surface area contributed by atoms with E-state index in [-0.39, 0.29) is 0 Å². The second-order valence-electron chi connectivity index (χ2n) is 4.85. The van der Waals surface area contributed by atoms with Gasteiger partial charge in [0, 0.05) is 18.4 Å². The topological polar surface area (TPSA) is 51.0 Å². The lowest BCUT2D eigenvalue weighted by molar-refractivity contribution is 0.458. The van der Waals surface area contributed by atoms with Crippen LogP contribution in [0.25, 0.3) is 0 Å². The van der Waals surface area contributed by atoms with Gasteiger partial charge < -0.3 is 9.73 Å². The summed E-state index contributed by atoms with van der Waals surface area (Å²) in [6.45, 7) is 2.82. The van der Waals surface area contributed by atoms with Crippen LogP contribution in [-0.4, -0.2) is 16.0 Å². The highest BCUT2D eigenvalue weighted by atomic mass is 32.2. The summed E-state index contributed by atoms with van der Waals surface area (Å²) in [6, 6.07) is 4.79. The largest absolute Gasteiger partial charge is 0.464 e. The minimum atomic E-state index is 0.712. The van der Waals surface area contributed by atoms with Crippen LogP contribution < -0.4 is 5.32 Å². The van der Waals surface area contributed by atoms with Gasteiger partial charge in [-0.05, 0) is 37.5 Å². The fraction of sp³-hybridized carbons (Fsp3) is 0.429. The molecule has 0 saturated heterocycles. The van der Waals surface area contributed by atoms with Crippen molar-refractivity contribution in [2.24, 2.45) is 0 Å². The molecule has 19 heavy (non-hydrogen) atoms. The van der Waals surface area contributed by atoms with Crippen molar-refractivity contribution in [1.29, 1.82) is 0 Å². The molecule has 0 spiro atoms. The van der Waals surface area contributed by atoms with Crippen molar-refractivity contribution in [2.75, 3.05) is 0 Å². The third-order valence-corrected chi connectivity index (χ3v) is 3.86. The van der Waals surface area contributed by atoms with Crippen LogP contribution in [0.3, 0.4) is 0 Å². The molecule has 0 aliphatic heterocycles. The van der Waals surface area contributed by atoms with E-state index >= 15 is 0 Å². The Morgan fingerprint density at radius 3 is 2.74 bits per heavy atom. The molecule has 5 heteroatoms. The minimum absolute atomic E-state index is 0.712. The molecule has 2 aromatic rings. The molecule has 0 aromatic carbocycles. The molecule has 3 rings (SSSR count). The maximum atomic E-state index is 5.77. The molecule has 2 aromatic heterocycles. The monoisotopic (exact) mass is 275 g/mol. The van der Waals surface area contributed by atoms with E-state index < -0.39 is 0 Å². The lowest BCUT2D eigenvalue weighted by Crippen LogP contribution is -2.14. The molecule has 1 saturated carbocycles. The summed E-state index contributed by atoms with van der Waals surface area (Å²) in [5, 5.41) is 4.23. The van der Waals surface area contributed by atoms with Crippen LogP contribution in [0.2, 0.25) is 0 Å². The normalized spacial score (nSPS) is 14.8. The van der Waals surface area contributed by atoms with Crippen LogP contribution >= 0.6 is 11.8 Å². The Morgan fingerprint density at radius 2 is 2.00 bits per heavy atom. The summed E-state index contributed by atoms with van der Waals surface area (Å²) in [5.74, 6) is 2.75. The number of nitrogens with zero attached hydrogens (tertiary/aromatic N) is 2. The summed E-state index contributed by atoms with van der Waals surface area (Å²) in [5.41, 5.74) is 1.08. The maximum absolute atomic E-state index is 5.77. The van der Waals surface area contributed by atoms with Gasteiger partial charge in [0.2, 0.25) is 0 Å². The van der Waals surface area contributed by atoms with E-state index in [4.69, 9.17) is 4.42 Å². The predicted molar refractivity (Wildman–Crippen MR) is 74.9 cm³/mol. The van der Waals surface area contributed by atoms with Crippen molar-refractivity contribution in [1.82, 2.24) is 15.3 Å². The fourth-order valence-electron chi connectivity index (χ4n) is 1.72. The Bertz CT molecular complexity index is 534. The third kappa shape index (κ3) is 3.81. The number of nitrogens with one attached hydrogen (secondary N) is 1. The number of furan rings is 1. The molecule has 100 valence electrons. The predicted octanol–water partition coefficient (Wildman–Crippen LogP) is 2.92. The minimum Gasteiger partial charge on any atom is -0.464 e. The van der Waals surface area contributed by atoms with E-state index in [1.807, 2.05) is 31.5 Å². The van der Waals surface area contributed by atoms with E-state index in [2.05, 4.69) is 15.3 Å². The highest BCUT2D eigenvalue weighted by Crippen LogP contribution is 2.22. The van der Waals surface area contributed by atoms with Crippen LogP contribution in [0.5, 0.6) is 0 Å². The second-order valence-corrected chi connectivity index (χ2v) is 5.80. The average Bonchev–Trinajstić information content (AvgIpc) is 3.15. The Hall–Kier alpha value is -1.33. The van der Waals surface area contributed by atoms with Crippen molar-refractivity contribution in [2.45, 2.75) is 43.3 Å². The van der Waals surface area contributed by atoms with Crippen LogP contribution in [0.1, 0.15) is 29.9 Å². The second kappa shape index (κ2) is 5.75. The molecule has 1 fully saturated rings. The van der Waals surface area contributed by atoms with E-state index in [0.29, 0.717) is 6.04 Å². The van der Waals surface area contributed by atoms with Gasteiger partial charge in [0.05, 0.1) is 12.3 Å². The Kier molecular flexibility index (Phi) is 3.84. The molecule has 0 atom stereocenters. The number of aryl methyl sites for hydroxylation is 1. The van der Waals surface area contributed by atoms with E-state index in [1.165, 1.54) is 12.8 Å². The summed E-state index contributed by atoms with van der Waals surface area (Å²) < 4.78 is 5.77. The van der Waals surface area contributed by atoms with Gasteiger partial charge in [0.25, 0.3) is 0 Å². The molecular formula is C14H17N3OS. The van der Waals surface area contributed by atoms with Gasteiger partial charge in [-0.1, -0.05) is 11.8 Å². The van der Waals surface area contributed by atoms with Gasteiger partial charge in [0.1, 0.15) is 11.5 Å². The quantitative estimate of drug-likeness (QED) is 0.649. The van der Waals surface area contributed by atoms with Crippen molar-refractivity contribution >= 4 is 11.8 Å². The van der Waals surface area contributed by atoms with Crippen molar-refractivity contribution in [3.8, 4) is 0 Å². The van der Waals surface area contributed by atoms with Crippen LogP contribution in [-0.2, 0) is 12.3 Å². The molecular weight excluding hydrogens is 258 g/mol. The summed E-state index contributed by atoms with van der Waals surface area (Å²) in [4.78, 5) is 8.53. The van der Waals surface area contributed by atoms with Crippen LogP contribution in [0.4, 0.5) is 0 Å². The molecule has 1 aliphatic carbocycles. The van der Waals surface area contributed by atoms with Crippen molar-refractivity contribution < 1.29 is 4.42 Å². The Morgan fingerprint density at radius 1 is 1.26 bits per heavy atom. The summed E-state index contributed by atoms with van der Waals surface area (Å²) in [7, 11) is 0. The first-order valence-corrected chi connectivity index (χ1v) is 7.50. The maximum Gasteiger partial charge on any atom is 0.187 e. The molecule has 4 nitrogen and oxygen atoms in total. The van der Waals surface area contributed by atoms with Gasteiger partial charge in [-0.25, -0.2) is 9.97 Å². The van der Waals surface area contributed by atoms with Gasteiger partial charge in [-0.15, -0.1) is 0 Å². The average molecular weight is 275 g/mol. The zero-order chi connectivity index (χ0) is 13.1. The van der Waals surface area contributed by atoms with Crippen LogP contribution in [0, 0.1) is 6.92 Å². The van der Waals surface area contributed by atoms with E-state index in [0.717, 1.165) is 34.5 Å². The molecule has 2 heterocycles. The lowest BCUT2D eigenvalue weighted by atomic mass is 10.4. The number of hydrogen-bond acceptors (Lipinski definition) is 5. The van der Waals surface area contributed by atoms with Crippen molar-refractivity contribution in [3.05, 3.63) is 41.6 Å².